The second kappa shape index (κ2) is 3.48. The number of hydrogen-bond donors (Lipinski definition) is 2. The zero-order valence-electron chi connectivity index (χ0n) is 7.96. The first-order chi connectivity index (χ1) is 6.27. The number of aryl methyl sites for hydroxylation is 1. The number of nitrogens with one attached hydrogen (secondary N) is 1. The monoisotopic (exact) mass is 176 g/mol. The number of rotatable bonds is 1. The van der Waals surface area contributed by atoms with E-state index in [1.807, 2.05) is 0 Å². The Bertz CT molecular complexity index is 279. The summed E-state index contributed by atoms with van der Waals surface area (Å²) < 4.78 is 0. The van der Waals surface area contributed by atoms with Crippen molar-refractivity contribution in [1.29, 1.82) is 0 Å². The van der Waals surface area contributed by atoms with Gasteiger partial charge >= 0.3 is 0 Å². The van der Waals surface area contributed by atoms with Crippen molar-refractivity contribution in [3.8, 4) is 0 Å². The average Bonchev–Trinajstić information content (AvgIpc) is 2.53. The normalized spacial score (nSPS) is 27.8. The summed E-state index contributed by atoms with van der Waals surface area (Å²) in [4.78, 5) is 0. The van der Waals surface area contributed by atoms with Crippen LogP contribution in [0.5, 0.6) is 0 Å². The molecule has 1 fully saturated rings. The molecule has 13 heavy (non-hydrogen) atoms. The van der Waals surface area contributed by atoms with Crippen LogP contribution in [0.1, 0.15) is 17.0 Å². The van der Waals surface area contributed by atoms with Crippen molar-refractivity contribution in [2.24, 2.45) is 5.73 Å². The maximum Gasteiger partial charge on any atom is 0.0247 e. The second-order valence-electron chi connectivity index (χ2n) is 3.84. The highest BCUT2D eigenvalue weighted by atomic mass is 15.0. The summed E-state index contributed by atoms with van der Waals surface area (Å²) in [5.41, 5.74) is 8.66. The van der Waals surface area contributed by atoms with E-state index in [4.69, 9.17) is 5.73 Å². The van der Waals surface area contributed by atoms with Gasteiger partial charge in [-0.3, -0.25) is 0 Å². The molecule has 1 aliphatic heterocycles. The van der Waals surface area contributed by atoms with E-state index < -0.39 is 0 Å². The van der Waals surface area contributed by atoms with E-state index in [0.29, 0.717) is 5.92 Å². The van der Waals surface area contributed by atoms with Gasteiger partial charge in [-0.25, -0.2) is 0 Å². The van der Waals surface area contributed by atoms with Gasteiger partial charge in [-0.05, 0) is 12.5 Å². The van der Waals surface area contributed by atoms with Crippen LogP contribution in [0.4, 0.5) is 0 Å². The van der Waals surface area contributed by atoms with E-state index in [0.717, 1.165) is 13.1 Å². The van der Waals surface area contributed by atoms with Crippen LogP contribution in [0.25, 0.3) is 0 Å². The Morgan fingerprint density at radius 1 is 1.23 bits per heavy atom. The van der Waals surface area contributed by atoms with Crippen molar-refractivity contribution < 1.29 is 0 Å². The Hall–Kier alpha value is -0.860. The average molecular weight is 176 g/mol. The molecule has 1 aromatic rings. The molecule has 2 heteroatoms. The minimum absolute atomic E-state index is 0.280. The molecule has 0 spiro atoms. The molecule has 0 amide bonds. The molecule has 0 aromatic heterocycles. The third kappa shape index (κ3) is 1.74. The van der Waals surface area contributed by atoms with E-state index in [1.165, 1.54) is 11.1 Å². The molecule has 70 valence electrons. The molecule has 1 aromatic carbocycles. The zero-order chi connectivity index (χ0) is 9.26. The summed E-state index contributed by atoms with van der Waals surface area (Å²) in [6.45, 7) is 4.07. The molecule has 3 N–H and O–H groups in total. The SMILES string of the molecule is Cc1ccc(C2CNCC2N)cc1. The van der Waals surface area contributed by atoms with E-state index in [-0.39, 0.29) is 6.04 Å². The van der Waals surface area contributed by atoms with Crippen LogP contribution in [0.2, 0.25) is 0 Å². The van der Waals surface area contributed by atoms with Crippen LogP contribution in [-0.4, -0.2) is 19.1 Å². The fourth-order valence-corrected chi connectivity index (χ4v) is 1.88. The minimum Gasteiger partial charge on any atom is -0.326 e. The lowest BCUT2D eigenvalue weighted by molar-refractivity contribution is 0.653. The standard InChI is InChI=1S/C11H16N2/c1-8-2-4-9(5-3-8)10-6-13-7-11(10)12/h2-5,10-11,13H,6-7,12H2,1H3. The van der Waals surface area contributed by atoms with Crippen LogP contribution in [-0.2, 0) is 0 Å². The maximum absolute atomic E-state index is 5.99. The van der Waals surface area contributed by atoms with Crippen molar-refractivity contribution in [1.82, 2.24) is 5.32 Å². The lowest BCUT2D eigenvalue weighted by Crippen LogP contribution is -2.27. The van der Waals surface area contributed by atoms with E-state index >= 15 is 0 Å². The van der Waals surface area contributed by atoms with Crippen LogP contribution >= 0.6 is 0 Å². The van der Waals surface area contributed by atoms with Crippen LogP contribution in [0.15, 0.2) is 24.3 Å². The summed E-state index contributed by atoms with van der Waals surface area (Å²) >= 11 is 0. The first kappa shape index (κ1) is 8.73. The van der Waals surface area contributed by atoms with Crippen molar-refractivity contribution in [3.05, 3.63) is 35.4 Å². The van der Waals surface area contributed by atoms with Gasteiger partial charge in [0.2, 0.25) is 0 Å². The molecule has 0 radical (unpaired) electrons. The van der Waals surface area contributed by atoms with Gasteiger partial charge in [0.15, 0.2) is 0 Å². The van der Waals surface area contributed by atoms with E-state index in [2.05, 4.69) is 36.5 Å². The molecule has 2 rings (SSSR count). The summed E-state index contributed by atoms with van der Waals surface area (Å²) in [5.74, 6) is 0.501. The first-order valence-corrected chi connectivity index (χ1v) is 4.80. The molecule has 1 aliphatic rings. The van der Waals surface area contributed by atoms with Gasteiger partial charge in [0.05, 0.1) is 0 Å². The topological polar surface area (TPSA) is 38.0 Å². The molecule has 2 atom stereocenters. The predicted octanol–water partition coefficient (Wildman–Crippen LogP) is 1.01. The molecule has 1 heterocycles. The minimum atomic E-state index is 0.280. The fraction of sp³-hybridized carbons (Fsp3) is 0.455. The van der Waals surface area contributed by atoms with Gasteiger partial charge in [0.1, 0.15) is 0 Å². The second-order valence-corrected chi connectivity index (χ2v) is 3.84. The molecule has 2 unspecified atom stereocenters. The van der Waals surface area contributed by atoms with Crippen molar-refractivity contribution in [3.63, 3.8) is 0 Å². The van der Waals surface area contributed by atoms with Gasteiger partial charge < -0.3 is 11.1 Å². The van der Waals surface area contributed by atoms with Crippen molar-refractivity contribution >= 4 is 0 Å². The molecule has 0 saturated carbocycles. The Labute approximate surface area is 79.1 Å². The van der Waals surface area contributed by atoms with Crippen LogP contribution in [0, 0.1) is 6.92 Å². The molecular weight excluding hydrogens is 160 g/mol. The highest BCUT2D eigenvalue weighted by molar-refractivity contribution is 5.27. The quantitative estimate of drug-likeness (QED) is 0.670. The van der Waals surface area contributed by atoms with Gasteiger partial charge in [-0.2, -0.15) is 0 Å². The maximum atomic E-state index is 5.99. The Morgan fingerprint density at radius 3 is 2.46 bits per heavy atom. The summed E-state index contributed by atoms with van der Waals surface area (Å²) in [6.07, 6.45) is 0. The first-order valence-electron chi connectivity index (χ1n) is 4.80. The van der Waals surface area contributed by atoms with Gasteiger partial charge in [0, 0.05) is 25.0 Å². The number of nitrogens with two attached hydrogens (primary N) is 1. The number of hydrogen-bond acceptors (Lipinski definition) is 2. The lowest BCUT2D eigenvalue weighted by Gasteiger charge is -2.14. The largest absolute Gasteiger partial charge is 0.326 e. The van der Waals surface area contributed by atoms with Crippen LogP contribution < -0.4 is 11.1 Å². The van der Waals surface area contributed by atoms with Gasteiger partial charge in [-0.1, -0.05) is 29.8 Å². The molecular formula is C11H16N2. The smallest absolute Gasteiger partial charge is 0.0247 e. The predicted molar refractivity (Wildman–Crippen MR) is 54.8 cm³/mol. The highest BCUT2D eigenvalue weighted by Gasteiger charge is 2.24. The lowest BCUT2D eigenvalue weighted by atomic mass is 9.94. The molecule has 1 saturated heterocycles. The summed E-state index contributed by atoms with van der Waals surface area (Å²) in [5, 5.41) is 3.31. The van der Waals surface area contributed by atoms with Crippen molar-refractivity contribution in [2.45, 2.75) is 18.9 Å². The summed E-state index contributed by atoms with van der Waals surface area (Å²) in [6, 6.07) is 8.96. The van der Waals surface area contributed by atoms with Gasteiger partial charge in [-0.15, -0.1) is 0 Å². The zero-order valence-corrected chi connectivity index (χ0v) is 7.96. The third-order valence-electron chi connectivity index (χ3n) is 2.77. The highest BCUT2D eigenvalue weighted by Crippen LogP contribution is 2.21. The summed E-state index contributed by atoms with van der Waals surface area (Å²) in [7, 11) is 0. The van der Waals surface area contributed by atoms with Gasteiger partial charge in [0.25, 0.3) is 0 Å². The Morgan fingerprint density at radius 2 is 1.92 bits per heavy atom. The third-order valence-corrected chi connectivity index (χ3v) is 2.77. The van der Waals surface area contributed by atoms with Crippen molar-refractivity contribution in [2.75, 3.05) is 13.1 Å². The van der Waals surface area contributed by atoms with E-state index in [1.54, 1.807) is 0 Å². The fourth-order valence-electron chi connectivity index (χ4n) is 1.88. The van der Waals surface area contributed by atoms with E-state index in [9.17, 15) is 0 Å². The Kier molecular flexibility index (Phi) is 2.34. The Balaban J connectivity index is 2.20. The molecule has 2 nitrogen and oxygen atoms in total. The molecule has 0 bridgehead atoms. The van der Waals surface area contributed by atoms with Crippen LogP contribution in [0.3, 0.4) is 0 Å². The molecule has 0 aliphatic carbocycles. The number of benzene rings is 1.